The van der Waals surface area contributed by atoms with E-state index in [1.165, 1.54) is 23.1 Å². The lowest BCUT2D eigenvalue weighted by Gasteiger charge is -2.20. The van der Waals surface area contributed by atoms with Gasteiger partial charge in [-0.15, -0.1) is 11.3 Å². The molecule has 0 atom stereocenters. The number of benzene rings is 1. The molecule has 2 aromatic heterocycles. The monoisotopic (exact) mass is 435 g/mol. The Bertz CT molecular complexity index is 1030. The molecule has 3 rings (SSSR count). The summed E-state index contributed by atoms with van der Waals surface area (Å²) in [5, 5.41) is 2.89. The van der Waals surface area contributed by atoms with E-state index in [2.05, 4.69) is 11.9 Å². The van der Waals surface area contributed by atoms with Gasteiger partial charge in [0.15, 0.2) is 5.16 Å². The Labute approximate surface area is 177 Å². The average molecular weight is 436 g/mol. The van der Waals surface area contributed by atoms with Crippen molar-refractivity contribution in [1.82, 2.24) is 14.5 Å². The lowest BCUT2D eigenvalue weighted by molar-refractivity contribution is -0.128. The standard InChI is InChI=1S/C20H22ClN3O2S2/c1-3-5-10-23(4-2)17(25)13-28-20-22-16-9-11-27-18(16)19(26)24(20)15-8-6-7-14(21)12-15/h6-9,11-12H,3-5,10,13H2,1-2H3. The number of fused-ring (bicyclic) bond motifs is 1. The Kier molecular flexibility index (Phi) is 7.15. The van der Waals surface area contributed by atoms with E-state index in [1.807, 2.05) is 29.3 Å². The van der Waals surface area contributed by atoms with E-state index < -0.39 is 0 Å². The van der Waals surface area contributed by atoms with Crippen molar-refractivity contribution in [3.8, 4) is 5.69 Å². The maximum absolute atomic E-state index is 13.1. The molecule has 0 saturated carbocycles. The molecule has 3 aromatic rings. The molecular formula is C20H22ClN3O2S2. The second-order valence-electron chi connectivity index (χ2n) is 6.27. The number of carbonyl (C=O) groups is 1. The quantitative estimate of drug-likeness (QED) is 0.375. The molecule has 0 fully saturated rings. The van der Waals surface area contributed by atoms with Crippen LogP contribution >= 0.6 is 34.7 Å². The third-order valence-corrected chi connectivity index (χ3v) is 6.41. The van der Waals surface area contributed by atoms with Crippen LogP contribution in [0.2, 0.25) is 5.02 Å². The van der Waals surface area contributed by atoms with E-state index in [0.717, 1.165) is 19.4 Å². The van der Waals surface area contributed by atoms with Crippen LogP contribution in [0, 0.1) is 0 Å². The Balaban J connectivity index is 1.95. The van der Waals surface area contributed by atoms with Gasteiger partial charge in [-0.3, -0.25) is 14.2 Å². The Morgan fingerprint density at radius 2 is 2.14 bits per heavy atom. The van der Waals surface area contributed by atoms with Crippen LogP contribution < -0.4 is 5.56 Å². The van der Waals surface area contributed by atoms with Crippen molar-refractivity contribution in [1.29, 1.82) is 0 Å². The van der Waals surface area contributed by atoms with E-state index in [9.17, 15) is 9.59 Å². The van der Waals surface area contributed by atoms with E-state index in [4.69, 9.17) is 11.6 Å². The molecule has 148 valence electrons. The van der Waals surface area contributed by atoms with Crippen LogP contribution in [-0.4, -0.2) is 39.2 Å². The predicted molar refractivity (Wildman–Crippen MR) is 118 cm³/mol. The van der Waals surface area contributed by atoms with Gasteiger partial charge in [0.05, 0.1) is 17.0 Å². The first kappa shape index (κ1) is 20.9. The molecule has 0 unspecified atom stereocenters. The van der Waals surface area contributed by atoms with Gasteiger partial charge < -0.3 is 4.90 Å². The Morgan fingerprint density at radius 1 is 1.32 bits per heavy atom. The van der Waals surface area contributed by atoms with Gasteiger partial charge in [-0.1, -0.05) is 42.8 Å². The summed E-state index contributed by atoms with van der Waals surface area (Å²) >= 11 is 8.78. The van der Waals surface area contributed by atoms with E-state index in [1.54, 1.807) is 22.8 Å². The molecule has 0 N–H and O–H groups in total. The first-order valence-corrected chi connectivity index (χ1v) is 11.5. The third kappa shape index (κ3) is 4.59. The zero-order valence-electron chi connectivity index (χ0n) is 15.9. The second-order valence-corrected chi connectivity index (χ2v) is 8.56. The highest BCUT2D eigenvalue weighted by Crippen LogP contribution is 2.25. The highest BCUT2D eigenvalue weighted by molar-refractivity contribution is 7.99. The summed E-state index contributed by atoms with van der Waals surface area (Å²) in [6.07, 6.45) is 2.03. The van der Waals surface area contributed by atoms with Crippen LogP contribution in [-0.2, 0) is 4.79 Å². The summed E-state index contributed by atoms with van der Waals surface area (Å²) in [5.74, 6) is 0.290. The van der Waals surface area contributed by atoms with Crippen LogP contribution in [0.15, 0.2) is 45.7 Å². The number of carbonyl (C=O) groups excluding carboxylic acids is 1. The number of thioether (sulfide) groups is 1. The van der Waals surface area contributed by atoms with Gasteiger partial charge in [0.2, 0.25) is 5.91 Å². The molecular weight excluding hydrogens is 414 g/mol. The molecule has 0 aliphatic carbocycles. The van der Waals surface area contributed by atoms with Crippen LogP contribution in [0.3, 0.4) is 0 Å². The molecule has 2 heterocycles. The number of thiophene rings is 1. The molecule has 0 radical (unpaired) electrons. The molecule has 28 heavy (non-hydrogen) atoms. The number of nitrogens with zero attached hydrogens (tertiary/aromatic N) is 3. The highest BCUT2D eigenvalue weighted by atomic mass is 35.5. The molecule has 5 nitrogen and oxygen atoms in total. The number of hydrogen-bond acceptors (Lipinski definition) is 5. The molecule has 0 saturated heterocycles. The predicted octanol–water partition coefficient (Wildman–Crippen LogP) is 4.84. The first-order chi connectivity index (χ1) is 13.5. The molecule has 0 aliphatic rings. The fourth-order valence-electron chi connectivity index (χ4n) is 2.86. The van der Waals surface area contributed by atoms with Crippen molar-refractivity contribution in [3.63, 3.8) is 0 Å². The molecule has 1 aromatic carbocycles. The van der Waals surface area contributed by atoms with Gasteiger partial charge in [0.25, 0.3) is 5.56 Å². The SMILES string of the molecule is CCCCN(CC)C(=O)CSc1nc2ccsc2c(=O)n1-c1cccc(Cl)c1. The van der Waals surface area contributed by atoms with Crippen LogP contribution in [0.4, 0.5) is 0 Å². The number of rotatable bonds is 8. The largest absolute Gasteiger partial charge is 0.342 e. The third-order valence-electron chi connectivity index (χ3n) is 4.36. The molecule has 1 amide bonds. The summed E-state index contributed by atoms with van der Waals surface area (Å²) in [6, 6.07) is 8.94. The van der Waals surface area contributed by atoms with Gasteiger partial charge in [-0.2, -0.15) is 0 Å². The number of aromatic nitrogens is 2. The lowest BCUT2D eigenvalue weighted by atomic mass is 10.3. The summed E-state index contributed by atoms with van der Waals surface area (Å²) in [4.78, 5) is 32.2. The minimum absolute atomic E-state index is 0.0539. The normalized spacial score (nSPS) is 11.1. The zero-order chi connectivity index (χ0) is 20.1. The maximum atomic E-state index is 13.1. The van der Waals surface area contributed by atoms with Gasteiger partial charge >= 0.3 is 0 Å². The van der Waals surface area contributed by atoms with Crippen LogP contribution in [0.5, 0.6) is 0 Å². The van der Waals surface area contributed by atoms with Crippen molar-refractivity contribution in [2.24, 2.45) is 0 Å². The van der Waals surface area contributed by atoms with E-state index in [0.29, 0.717) is 32.6 Å². The minimum atomic E-state index is -0.143. The molecule has 0 aliphatic heterocycles. The van der Waals surface area contributed by atoms with E-state index >= 15 is 0 Å². The van der Waals surface area contributed by atoms with Crippen molar-refractivity contribution < 1.29 is 4.79 Å². The Morgan fingerprint density at radius 3 is 2.86 bits per heavy atom. The first-order valence-electron chi connectivity index (χ1n) is 9.22. The lowest BCUT2D eigenvalue weighted by Crippen LogP contribution is -2.33. The zero-order valence-corrected chi connectivity index (χ0v) is 18.2. The number of halogens is 1. The summed E-state index contributed by atoms with van der Waals surface area (Å²) < 4.78 is 2.14. The average Bonchev–Trinajstić information content (AvgIpc) is 3.16. The maximum Gasteiger partial charge on any atom is 0.276 e. The van der Waals surface area contributed by atoms with Gasteiger partial charge in [-0.05, 0) is 43.0 Å². The summed E-state index contributed by atoms with van der Waals surface area (Å²) in [7, 11) is 0. The summed E-state index contributed by atoms with van der Waals surface area (Å²) in [5.41, 5.74) is 1.16. The van der Waals surface area contributed by atoms with E-state index in [-0.39, 0.29) is 17.2 Å². The molecule has 0 bridgehead atoms. The fourth-order valence-corrected chi connectivity index (χ4v) is 4.72. The van der Waals surface area contributed by atoms with Crippen molar-refractivity contribution >= 4 is 50.8 Å². The number of unbranched alkanes of at least 4 members (excludes halogenated alkanes) is 1. The van der Waals surface area contributed by atoms with Crippen LogP contribution in [0.25, 0.3) is 15.9 Å². The van der Waals surface area contributed by atoms with Gasteiger partial charge in [0, 0.05) is 18.1 Å². The molecule has 0 spiro atoms. The van der Waals surface area contributed by atoms with Gasteiger partial charge in [0.1, 0.15) is 4.70 Å². The van der Waals surface area contributed by atoms with Crippen molar-refractivity contribution in [2.75, 3.05) is 18.8 Å². The van der Waals surface area contributed by atoms with Gasteiger partial charge in [-0.25, -0.2) is 4.98 Å². The number of hydrogen-bond donors (Lipinski definition) is 0. The minimum Gasteiger partial charge on any atom is -0.342 e. The van der Waals surface area contributed by atoms with Crippen molar-refractivity contribution in [2.45, 2.75) is 31.8 Å². The van der Waals surface area contributed by atoms with Crippen molar-refractivity contribution in [3.05, 3.63) is 51.1 Å². The highest BCUT2D eigenvalue weighted by Gasteiger charge is 2.17. The Hall–Kier alpha value is -1.83. The van der Waals surface area contributed by atoms with Crippen LogP contribution in [0.1, 0.15) is 26.7 Å². The topological polar surface area (TPSA) is 55.2 Å². The number of amides is 1. The molecule has 8 heteroatoms. The summed E-state index contributed by atoms with van der Waals surface area (Å²) in [6.45, 7) is 5.52. The fraction of sp³-hybridized carbons (Fsp3) is 0.350. The smallest absolute Gasteiger partial charge is 0.276 e. The second kappa shape index (κ2) is 9.58.